The number of piperidine rings is 1. The van der Waals surface area contributed by atoms with Crippen molar-refractivity contribution >= 4 is 12.0 Å². The van der Waals surface area contributed by atoms with Crippen LogP contribution in [0.1, 0.15) is 37.2 Å². The maximum Gasteiger partial charge on any atom is 0.409 e. The van der Waals surface area contributed by atoms with E-state index in [4.69, 9.17) is 4.74 Å². The summed E-state index contributed by atoms with van der Waals surface area (Å²) < 4.78 is 4.84. The van der Waals surface area contributed by atoms with Crippen LogP contribution in [0, 0.1) is 0 Å². The standard InChI is InChI=1S/C22H32N4O3/c1-23-20(27)13-22(14-25(15-22)21(28)29-2)26-10-8-17(9-11-26)24-19-12-18(19)16-6-4-3-5-7-16/h3-7,17-19,24H,8-15H2,1-2H3,(H,23,27)/t18?,19-/m1/s1. The van der Waals surface area contributed by atoms with Crippen molar-refractivity contribution in [2.45, 2.75) is 49.2 Å². The number of methoxy groups -OCH3 is 1. The molecule has 7 heteroatoms. The molecule has 2 amide bonds. The molecule has 2 saturated heterocycles. The number of rotatable bonds is 6. The molecule has 2 heterocycles. The van der Waals surface area contributed by atoms with E-state index in [1.807, 2.05) is 0 Å². The van der Waals surface area contributed by atoms with E-state index < -0.39 is 0 Å². The Morgan fingerprint density at radius 1 is 1.17 bits per heavy atom. The molecule has 0 spiro atoms. The van der Waals surface area contributed by atoms with Crippen LogP contribution < -0.4 is 10.6 Å². The van der Waals surface area contributed by atoms with Gasteiger partial charge in [0.15, 0.2) is 0 Å². The first kappa shape index (κ1) is 20.2. The largest absolute Gasteiger partial charge is 0.453 e. The maximum atomic E-state index is 12.1. The van der Waals surface area contributed by atoms with Gasteiger partial charge in [-0.1, -0.05) is 30.3 Å². The molecule has 0 bridgehead atoms. The van der Waals surface area contributed by atoms with Crippen LogP contribution >= 0.6 is 0 Å². The molecule has 158 valence electrons. The average Bonchev–Trinajstić information content (AvgIpc) is 3.50. The van der Waals surface area contributed by atoms with Crippen LogP contribution in [0.15, 0.2) is 30.3 Å². The maximum absolute atomic E-state index is 12.1. The Balaban J connectivity index is 1.29. The molecule has 7 nitrogen and oxygen atoms in total. The van der Waals surface area contributed by atoms with E-state index in [-0.39, 0.29) is 17.5 Å². The first-order chi connectivity index (χ1) is 14.0. The number of carbonyl (C=O) groups is 2. The van der Waals surface area contributed by atoms with Crippen LogP contribution in [0.2, 0.25) is 0 Å². The van der Waals surface area contributed by atoms with E-state index in [0.717, 1.165) is 25.9 Å². The molecular formula is C22H32N4O3. The Hall–Kier alpha value is -2.12. The zero-order valence-corrected chi connectivity index (χ0v) is 17.4. The molecule has 1 aliphatic carbocycles. The van der Waals surface area contributed by atoms with Gasteiger partial charge >= 0.3 is 6.09 Å². The van der Waals surface area contributed by atoms with Crippen LogP contribution in [0.5, 0.6) is 0 Å². The molecule has 29 heavy (non-hydrogen) atoms. The van der Waals surface area contributed by atoms with Gasteiger partial charge in [0.25, 0.3) is 0 Å². The highest BCUT2D eigenvalue weighted by atomic mass is 16.5. The van der Waals surface area contributed by atoms with Crippen molar-refractivity contribution in [3.05, 3.63) is 35.9 Å². The van der Waals surface area contributed by atoms with Gasteiger partial charge in [-0.05, 0) is 24.8 Å². The Bertz CT molecular complexity index is 727. The summed E-state index contributed by atoms with van der Waals surface area (Å²) in [4.78, 5) is 28.0. The summed E-state index contributed by atoms with van der Waals surface area (Å²) in [5.74, 6) is 0.674. The number of likely N-dealkylation sites (tertiary alicyclic amines) is 2. The molecule has 2 N–H and O–H groups in total. The number of hydrogen-bond acceptors (Lipinski definition) is 5. The zero-order valence-electron chi connectivity index (χ0n) is 17.4. The highest BCUT2D eigenvalue weighted by molar-refractivity contribution is 5.78. The number of carbonyl (C=O) groups excluding carboxylic acids is 2. The van der Waals surface area contributed by atoms with Crippen LogP contribution in [0.3, 0.4) is 0 Å². The number of ether oxygens (including phenoxy) is 1. The number of nitrogens with one attached hydrogen (secondary N) is 2. The lowest BCUT2D eigenvalue weighted by molar-refractivity contribution is -0.129. The van der Waals surface area contributed by atoms with E-state index >= 15 is 0 Å². The third-order valence-corrected chi connectivity index (χ3v) is 6.81. The van der Waals surface area contributed by atoms with Crippen LogP contribution in [0.25, 0.3) is 0 Å². The lowest BCUT2D eigenvalue weighted by atomic mass is 9.82. The number of amides is 2. The first-order valence-electron chi connectivity index (χ1n) is 10.6. The third kappa shape index (κ3) is 4.26. The number of hydrogen-bond donors (Lipinski definition) is 2. The second-order valence-corrected chi connectivity index (χ2v) is 8.69. The molecule has 0 aromatic heterocycles. The molecule has 2 atom stereocenters. The molecule has 0 radical (unpaired) electrons. The van der Waals surface area contributed by atoms with E-state index in [9.17, 15) is 9.59 Å². The van der Waals surface area contributed by atoms with E-state index in [0.29, 0.717) is 37.5 Å². The van der Waals surface area contributed by atoms with Crippen molar-refractivity contribution < 1.29 is 14.3 Å². The third-order valence-electron chi connectivity index (χ3n) is 6.81. The molecular weight excluding hydrogens is 368 g/mol. The minimum absolute atomic E-state index is 0.0263. The molecule has 1 aromatic carbocycles. The Morgan fingerprint density at radius 3 is 2.48 bits per heavy atom. The second-order valence-electron chi connectivity index (χ2n) is 8.69. The molecule has 2 aliphatic heterocycles. The van der Waals surface area contributed by atoms with Crippen LogP contribution in [0.4, 0.5) is 4.79 Å². The van der Waals surface area contributed by atoms with Gasteiger partial charge < -0.3 is 20.3 Å². The summed E-state index contributed by atoms with van der Waals surface area (Å²) in [6.45, 7) is 3.02. The minimum atomic E-state index is -0.310. The average molecular weight is 401 g/mol. The summed E-state index contributed by atoms with van der Waals surface area (Å²) in [7, 11) is 3.07. The summed E-state index contributed by atoms with van der Waals surface area (Å²) in [5, 5.41) is 6.58. The SMILES string of the molecule is CNC(=O)CC1(N2CCC(N[C@@H]3CC3c3ccccc3)CC2)CN(C(=O)OC)C1. The Morgan fingerprint density at radius 2 is 1.86 bits per heavy atom. The Labute approximate surface area is 172 Å². The van der Waals surface area contributed by atoms with Crippen molar-refractivity contribution in [1.82, 2.24) is 20.4 Å². The first-order valence-corrected chi connectivity index (χ1v) is 10.6. The van der Waals surface area contributed by atoms with Gasteiger partial charge in [-0.25, -0.2) is 4.79 Å². The summed E-state index contributed by atoms with van der Waals surface area (Å²) in [6, 6.07) is 11.9. The normalized spacial score (nSPS) is 26.5. The summed E-state index contributed by atoms with van der Waals surface area (Å²) >= 11 is 0. The van der Waals surface area contributed by atoms with Crippen molar-refractivity contribution in [2.24, 2.45) is 0 Å². The quantitative estimate of drug-likeness (QED) is 0.758. The fourth-order valence-electron chi connectivity index (χ4n) is 5.00. The fraction of sp³-hybridized carbons (Fsp3) is 0.636. The monoisotopic (exact) mass is 400 g/mol. The Kier molecular flexibility index (Phi) is 5.79. The van der Waals surface area contributed by atoms with Gasteiger partial charge in [0.2, 0.25) is 5.91 Å². The van der Waals surface area contributed by atoms with Gasteiger partial charge in [-0.2, -0.15) is 0 Å². The molecule has 3 fully saturated rings. The minimum Gasteiger partial charge on any atom is -0.453 e. The molecule has 1 aromatic rings. The molecule has 4 rings (SSSR count). The topological polar surface area (TPSA) is 73.9 Å². The van der Waals surface area contributed by atoms with E-state index in [2.05, 4.69) is 45.9 Å². The van der Waals surface area contributed by atoms with Gasteiger partial charge in [0, 0.05) is 57.6 Å². The predicted octanol–water partition coefficient (Wildman–Crippen LogP) is 1.55. The van der Waals surface area contributed by atoms with Crippen molar-refractivity contribution in [3.8, 4) is 0 Å². The van der Waals surface area contributed by atoms with E-state index in [1.54, 1.807) is 11.9 Å². The zero-order chi connectivity index (χ0) is 20.4. The van der Waals surface area contributed by atoms with Crippen LogP contribution in [-0.2, 0) is 9.53 Å². The summed E-state index contributed by atoms with van der Waals surface area (Å²) in [6.07, 6.45) is 3.49. The van der Waals surface area contributed by atoms with Gasteiger partial charge in [-0.3, -0.25) is 9.69 Å². The highest BCUT2D eigenvalue weighted by Crippen LogP contribution is 2.41. The lowest BCUT2D eigenvalue weighted by Gasteiger charge is -2.56. The second kappa shape index (κ2) is 8.32. The van der Waals surface area contributed by atoms with E-state index in [1.165, 1.54) is 19.1 Å². The van der Waals surface area contributed by atoms with Crippen molar-refractivity contribution in [1.29, 1.82) is 0 Å². The smallest absolute Gasteiger partial charge is 0.409 e. The molecule has 1 unspecified atom stereocenters. The lowest BCUT2D eigenvalue weighted by Crippen LogP contribution is -2.73. The number of nitrogens with zero attached hydrogens (tertiary/aromatic N) is 2. The van der Waals surface area contributed by atoms with Crippen LogP contribution in [-0.4, -0.2) is 79.8 Å². The van der Waals surface area contributed by atoms with Gasteiger partial charge in [0.05, 0.1) is 12.6 Å². The molecule has 1 saturated carbocycles. The van der Waals surface area contributed by atoms with Gasteiger partial charge in [-0.15, -0.1) is 0 Å². The highest BCUT2D eigenvalue weighted by Gasteiger charge is 2.51. The number of benzene rings is 1. The summed E-state index contributed by atoms with van der Waals surface area (Å²) in [5.41, 5.74) is 1.18. The van der Waals surface area contributed by atoms with Crippen molar-refractivity contribution in [3.63, 3.8) is 0 Å². The predicted molar refractivity (Wildman–Crippen MR) is 111 cm³/mol. The fourth-order valence-corrected chi connectivity index (χ4v) is 5.00. The van der Waals surface area contributed by atoms with Crippen molar-refractivity contribution in [2.75, 3.05) is 40.3 Å². The van der Waals surface area contributed by atoms with Gasteiger partial charge in [0.1, 0.15) is 0 Å². The molecule has 3 aliphatic rings.